The van der Waals surface area contributed by atoms with Crippen LogP contribution in [-0.2, 0) is 9.53 Å². The average molecular weight is 329 g/mol. The Labute approximate surface area is 134 Å². The van der Waals surface area contributed by atoms with E-state index in [1.165, 1.54) is 9.80 Å². The Bertz CT molecular complexity index is 479. The van der Waals surface area contributed by atoms with Gasteiger partial charge in [0.25, 0.3) is 0 Å². The summed E-state index contributed by atoms with van der Waals surface area (Å²) in [5.41, 5.74) is -0.495. The predicted octanol–water partition coefficient (Wildman–Crippen LogP) is 0.262. The van der Waals surface area contributed by atoms with Gasteiger partial charge in [-0.3, -0.25) is 4.79 Å². The van der Waals surface area contributed by atoms with Crippen LogP contribution in [0.15, 0.2) is 0 Å². The van der Waals surface area contributed by atoms with E-state index in [1.807, 2.05) is 0 Å². The quantitative estimate of drug-likeness (QED) is 0.598. The first-order valence-corrected chi connectivity index (χ1v) is 7.75. The van der Waals surface area contributed by atoms with Crippen molar-refractivity contribution in [2.45, 2.75) is 25.8 Å². The van der Waals surface area contributed by atoms with Crippen LogP contribution in [0.4, 0.5) is 9.59 Å². The van der Waals surface area contributed by atoms with Crippen LogP contribution in [0.1, 0.15) is 19.8 Å². The summed E-state index contributed by atoms with van der Waals surface area (Å²) < 4.78 is 5.05. The van der Waals surface area contributed by atoms with Crippen LogP contribution in [0.2, 0.25) is 0 Å². The molecular weight excluding hydrogens is 306 g/mol. The number of amides is 2. The lowest BCUT2D eigenvalue weighted by Crippen LogP contribution is -2.59. The summed E-state index contributed by atoms with van der Waals surface area (Å²) in [6.07, 6.45) is -0.598. The lowest BCUT2D eigenvalue weighted by Gasteiger charge is -2.39. The van der Waals surface area contributed by atoms with Gasteiger partial charge in [0.05, 0.1) is 18.1 Å². The zero-order valence-electron chi connectivity index (χ0n) is 13.2. The number of hydrogen-bond acceptors (Lipinski definition) is 5. The second-order valence-electron chi connectivity index (χ2n) is 5.99. The van der Waals surface area contributed by atoms with Crippen molar-refractivity contribution in [3.05, 3.63) is 0 Å². The molecule has 0 spiro atoms. The fraction of sp³-hybridized carbons (Fsp3) is 0.786. The predicted molar refractivity (Wildman–Crippen MR) is 79.3 cm³/mol. The molecule has 0 aromatic rings. The largest absolute Gasteiger partial charge is 0.466 e. The van der Waals surface area contributed by atoms with E-state index >= 15 is 0 Å². The smallest absolute Gasteiger partial charge is 0.407 e. The standard InChI is InChI=1S/C14H23N3O6/c1-2-23-11(18)14(3-4-14)9-15-7-10-8-16(12(19)20)5-6-17(10)13(21)22/h10,15H,2-9H2,1H3,(H,19,20)(H,21,22). The molecule has 2 aliphatic rings. The third-order valence-electron chi connectivity index (χ3n) is 4.40. The Morgan fingerprint density at radius 3 is 2.43 bits per heavy atom. The second kappa shape index (κ2) is 7.03. The van der Waals surface area contributed by atoms with Gasteiger partial charge >= 0.3 is 18.2 Å². The van der Waals surface area contributed by atoms with Gasteiger partial charge in [0, 0.05) is 32.7 Å². The Kier molecular flexibility index (Phi) is 5.30. The Morgan fingerprint density at radius 2 is 1.91 bits per heavy atom. The molecular formula is C14H23N3O6. The van der Waals surface area contributed by atoms with Crippen LogP contribution in [0, 0.1) is 5.41 Å². The minimum Gasteiger partial charge on any atom is -0.466 e. The van der Waals surface area contributed by atoms with Gasteiger partial charge in [0.15, 0.2) is 0 Å². The van der Waals surface area contributed by atoms with Gasteiger partial charge in [-0.25, -0.2) is 9.59 Å². The number of piperazine rings is 1. The third-order valence-corrected chi connectivity index (χ3v) is 4.40. The zero-order valence-corrected chi connectivity index (χ0v) is 13.2. The number of rotatable bonds is 6. The molecule has 0 aromatic heterocycles. The van der Waals surface area contributed by atoms with Crippen molar-refractivity contribution in [3.63, 3.8) is 0 Å². The SMILES string of the molecule is CCOC(=O)C1(CNCC2CN(C(=O)O)CCN2C(=O)O)CC1. The molecule has 1 aliphatic carbocycles. The molecule has 3 N–H and O–H groups in total. The first kappa shape index (κ1) is 17.3. The summed E-state index contributed by atoms with van der Waals surface area (Å²) >= 11 is 0. The lowest BCUT2D eigenvalue weighted by atomic mass is 10.1. The summed E-state index contributed by atoms with van der Waals surface area (Å²) in [6.45, 7) is 3.27. The van der Waals surface area contributed by atoms with E-state index in [2.05, 4.69) is 5.32 Å². The molecule has 130 valence electrons. The van der Waals surface area contributed by atoms with Crippen LogP contribution in [-0.4, -0.2) is 83.5 Å². The summed E-state index contributed by atoms with van der Waals surface area (Å²) in [5, 5.41) is 21.4. The lowest BCUT2D eigenvalue weighted by molar-refractivity contribution is -0.149. The van der Waals surface area contributed by atoms with Crippen molar-refractivity contribution in [2.75, 3.05) is 39.3 Å². The fourth-order valence-corrected chi connectivity index (χ4v) is 2.82. The molecule has 2 amide bonds. The number of carboxylic acid groups (broad SMARTS) is 2. The van der Waals surface area contributed by atoms with E-state index < -0.39 is 23.6 Å². The van der Waals surface area contributed by atoms with E-state index in [0.717, 1.165) is 12.8 Å². The molecule has 2 fully saturated rings. The molecule has 1 saturated carbocycles. The van der Waals surface area contributed by atoms with Crippen molar-refractivity contribution in [3.8, 4) is 0 Å². The second-order valence-corrected chi connectivity index (χ2v) is 5.99. The topological polar surface area (TPSA) is 119 Å². The first-order chi connectivity index (χ1) is 10.9. The Hall–Kier alpha value is -2.03. The number of carbonyl (C=O) groups is 3. The normalized spacial score (nSPS) is 22.6. The monoisotopic (exact) mass is 329 g/mol. The van der Waals surface area contributed by atoms with Gasteiger partial charge in [0.1, 0.15) is 0 Å². The van der Waals surface area contributed by atoms with Crippen molar-refractivity contribution >= 4 is 18.2 Å². The summed E-state index contributed by atoms with van der Waals surface area (Å²) in [4.78, 5) is 36.7. The minimum atomic E-state index is -1.06. The Balaban J connectivity index is 1.87. The van der Waals surface area contributed by atoms with Gasteiger partial charge < -0.3 is 30.1 Å². The number of ether oxygens (including phenoxy) is 1. The van der Waals surface area contributed by atoms with E-state index in [-0.39, 0.29) is 25.6 Å². The molecule has 23 heavy (non-hydrogen) atoms. The molecule has 9 heteroatoms. The van der Waals surface area contributed by atoms with E-state index in [4.69, 9.17) is 9.84 Å². The summed E-state index contributed by atoms with van der Waals surface area (Å²) in [6, 6.07) is -0.463. The molecule has 0 bridgehead atoms. The van der Waals surface area contributed by atoms with Crippen LogP contribution >= 0.6 is 0 Å². The molecule has 1 heterocycles. The van der Waals surface area contributed by atoms with Crippen molar-refractivity contribution in [1.29, 1.82) is 0 Å². The zero-order chi connectivity index (χ0) is 17.0. The van der Waals surface area contributed by atoms with E-state index in [1.54, 1.807) is 6.92 Å². The van der Waals surface area contributed by atoms with Crippen molar-refractivity contribution in [2.24, 2.45) is 5.41 Å². The Morgan fingerprint density at radius 1 is 1.22 bits per heavy atom. The van der Waals surface area contributed by atoms with Crippen LogP contribution in [0.25, 0.3) is 0 Å². The number of hydrogen-bond donors (Lipinski definition) is 3. The third kappa shape index (κ3) is 4.04. The minimum absolute atomic E-state index is 0.126. The summed E-state index contributed by atoms with van der Waals surface area (Å²) in [7, 11) is 0. The van der Waals surface area contributed by atoms with Gasteiger partial charge in [-0.15, -0.1) is 0 Å². The molecule has 1 saturated heterocycles. The highest BCUT2D eigenvalue weighted by atomic mass is 16.5. The fourth-order valence-electron chi connectivity index (χ4n) is 2.82. The van der Waals surface area contributed by atoms with Crippen molar-refractivity contribution in [1.82, 2.24) is 15.1 Å². The van der Waals surface area contributed by atoms with Crippen LogP contribution in [0.3, 0.4) is 0 Å². The number of nitrogens with zero attached hydrogens (tertiary/aromatic N) is 2. The van der Waals surface area contributed by atoms with Crippen molar-refractivity contribution < 1.29 is 29.3 Å². The highest BCUT2D eigenvalue weighted by Gasteiger charge is 2.51. The van der Waals surface area contributed by atoms with Gasteiger partial charge in [-0.05, 0) is 19.8 Å². The van der Waals surface area contributed by atoms with E-state index in [9.17, 15) is 19.5 Å². The van der Waals surface area contributed by atoms with Gasteiger partial charge in [-0.1, -0.05) is 0 Å². The first-order valence-electron chi connectivity index (χ1n) is 7.75. The number of carbonyl (C=O) groups excluding carboxylic acids is 1. The average Bonchev–Trinajstić information content (AvgIpc) is 3.28. The number of nitrogens with one attached hydrogen (secondary N) is 1. The molecule has 9 nitrogen and oxygen atoms in total. The maximum absolute atomic E-state index is 11.9. The molecule has 1 aliphatic heterocycles. The van der Waals surface area contributed by atoms with Crippen LogP contribution < -0.4 is 5.32 Å². The maximum Gasteiger partial charge on any atom is 0.407 e. The highest BCUT2D eigenvalue weighted by molar-refractivity contribution is 5.80. The maximum atomic E-state index is 11.9. The van der Waals surface area contributed by atoms with Crippen LogP contribution in [0.5, 0.6) is 0 Å². The summed E-state index contributed by atoms with van der Waals surface area (Å²) in [5.74, 6) is -0.224. The van der Waals surface area contributed by atoms with Gasteiger partial charge in [-0.2, -0.15) is 0 Å². The number of esters is 1. The van der Waals surface area contributed by atoms with E-state index in [0.29, 0.717) is 19.7 Å². The molecule has 1 unspecified atom stereocenters. The molecule has 2 rings (SSSR count). The molecule has 1 atom stereocenters. The van der Waals surface area contributed by atoms with Gasteiger partial charge in [0.2, 0.25) is 0 Å². The molecule has 0 radical (unpaired) electrons. The molecule has 0 aromatic carbocycles. The highest BCUT2D eigenvalue weighted by Crippen LogP contribution is 2.46.